The average molecular weight is 655 g/mol. The maximum atomic E-state index is 13.2. The van der Waals surface area contributed by atoms with E-state index < -0.39 is 12.3 Å². The molecule has 0 spiro atoms. The predicted molar refractivity (Wildman–Crippen MR) is 198 cm³/mol. The molecule has 0 heterocycles. The predicted octanol–water partition coefficient (Wildman–Crippen LogP) is 11.7. The van der Waals surface area contributed by atoms with Gasteiger partial charge in [0, 0.05) is 21.5 Å². The van der Waals surface area contributed by atoms with Gasteiger partial charge in [-0.25, -0.2) is 9.59 Å². The highest BCUT2D eigenvalue weighted by Gasteiger charge is 2.25. The number of fused-ring (bicyclic) bond motifs is 4. The van der Waals surface area contributed by atoms with Crippen LogP contribution < -0.4 is 18.9 Å². The lowest BCUT2D eigenvalue weighted by atomic mass is 9.84. The van der Waals surface area contributed by atoms with Crippen molar-refractivity contribution in [3.8, 4) is 34.1 Å². The van der Waals surface area contributed by atoms with Crippen LogP contribution in [0.15, 0.2) is 146 Å². The smallest absolute Gasteiger partial charge is 0.395 e. The van der Waals surface area contributed by atoms with Gasteiger partial charge in [-0.1, -0.05) is 132 Å². The van der Waals surface area contributed by atoms with E-state index in [9.17, 15) is 9.59 Å². The van der Waals surface area contributed by atoms with Crippen LogP contribution in [0, 0.1) is 13.8 Å². The number of carbonyl (C=O) groups is 2. The van der Waals surface area contributed by atoms with E-state index in [0.29, 0.717) is 23.0 Å². The van der Waals surface area contributed by atoms with Crippen LogP contribution in [0.2, 0.25) is 0 Å². The molecule has 0 unspecified atom stereocenters. The first kappa shape index (κ1) is 30.7. The zero-order chi connectivity index (χ0) is 34.2. The maximum Gasteiger partial charge on any atom is 0.519 e. The zero-order valence-corrected chi connectivity index (χ0v) is 27.3. The Bertz CT molecular complexity index is 2410. The van der Waals surface area contributed by atoms with Crippen LogP contribution in [0.25, 0.3) is 54.2 Å². The summed E-state index contributed by atoms with van der Waals surface area (Å²) < 4.78 is 23.2. The van der Waals surface area contributed by atoms with Gasteiger partial charge >= 0.3 is 12.3 Å². The molecular formula is C44H30O6. The Balaban J connectivity index is 1.39. The minimum absolute atomic E-state index is 0.391. The minimum Gasteiger partial charge on any atom is -0.395 e. The van der Waals surface area contributed by atoms with E-state index >= 15 is 0 Å². The molecule has 8 aromatic carbocycles. The summed E-state index contributed by atoms with van der Waals surface area (Å²) in [6, 6.07) is 45.7. The molecular weight excluding hydrogens is 624 g/mol. The number of aryl methyl sites for hydroxylation is 2. The first-order valence-corrected chi connectivity index (χ1v) is 16.2. The van der Waals surface area contributed by atoms with Gasteiger partial charge in [-0.05, 0) is 70.8 Å². The molecule has 8 aromatic rings. The highest BCUT2D eigenvalue weighted by molar-refractivity contribution is 6.27. The second-order valence-corrected chi connectivity index (χ2v) is 12.1. The molecule has 6 nitrogen and oxygen atoms in total. The zero-order valence-electron chi connectivity index (χ0n) is 27.3. The van der Waals surface area contributed by atoms with Crippen molar-refractivity contribution in [2.24, 2.45) is 0 Å². The summed E-state index contributed by atoms with van der Waals surface area (Å²) in [6.07, 6.45) is -1.65. The van der Waals surface area contributed by atoms with Crippen LogP contribution in [0.3, 0.4) is 0 Å². The Labute approximate surface area is 288 Å². The Hall–Kier alpha value is -6.66. The lowest BCUT2D eigenvalue weighted by Crippen LogP contribution is -2.14. The normalized spacial score (nSPS) is 11.2. The SMILES string of the molecule is Cc1ccc2c(OC(=O)Oc3ccccc3)c3ccccc3c(-c3c4ccccc4c(OC(=O)Oc4ccccc4)c4ccc(C)cc34)c2c1. The van der Waals surface area contributed by atoms with Crippen LogP contribution in [0.1, 0.15) is 11.1 Å². The summed E-state index contributed by atoms with van der Waals surface area (Å²) in [5.74, 6) is 1.60. The highest BCUT2D eigenvalue weighted by Crippen LogP contribution is 2.50. The number of benzene rings is 8. The number of ether oxygens (including phenoxy) is 4. The number of para-hydroxylation sites is 2. The molecule has 0 N–H and O–H groups in total. The third-order valence-electron chi connectivity index (χ3n) is 8.77. The van der Waals surface area contributed by atoms with E-state index in [1.807, 2.05) is 98.8 Å². The van der Waals surface area contributed by atoms with Crippen molar-refractivity contribution >= 4 is 55.4 Å². The second-order valence-electron chi connectivity index (χ2n) is 12.1. The fraction of sp³-hybridized carbons (Fsp3) is 0.0455. The van der Waals surface area contributed by atoms with Crippen LogP contribution in [0.4, 0.5) is 9.59 Å². The molecule has 0 aliphatic heterocycles. The molecule has 0 aromatic heterocycles. The number of rotatable bonds is 5. The van der Waals surface area contributed by atoms with E-state index in [4.69, 9.17) is 18.9 Å². The molecule has 8 rings (SSSR count). The van der Waals surface area contributed by atoms with Crippen LogP contribution >= 0.6 is 0 Å². The molecule has 0 fully saturated rings. The lowest BCUT2D eigenvalue weighted by Gasteiger charge is -2.21. The van der Waals surface area contributed by atoms with Gasteiger partial charge in [0.25, 0.3) is 0 Å². The fourth-order valence-corrected chi connectivity index (χ4v) is 6.64. The second kappa shape index (κ2) is 12.7. The summed E-state index contributed by atoms with van der Waals surface area (Å²) in [4.78, 5) is 26.4. The van der Waals surface area contributed by atoms with E-state index in [-0.39, 0.29) is 0 Å². The molecule has 0 bridgehead atoms. The van der Waals surface area contributed by atoms with Gasteiger partial charge in [0.05, 0.1) is 0 Å². The van der Waals surface area contributed by atoms with E-state index in [0.717, 1.165) is 65.3 Å². The van der Waals surface area contributed by atoms with Crippen LogP contribution in [-0.4, -0.2) is 12.3 Å². The molecule has 50 heavy (non-hydrogen) atoms. The van der Waals surface area contributed by atoms with Crippen molar-refractivity contribution in [2.45, 2.75) is 13.8 Å². The molecule has 0 aliphatic carbocycles. The third kappa shape index (κ3) is 5.63. The summed E-state index contributed by atoms with van der Waals surface area (Å²) in [5, 5.41) is 6.59. The Morgan fingerprint density at radius 2 is 0.700 bits per heavy atom. The summed E-state index contributed by atoms with van der Waals surface area (Å²) in [6.45, 7) is 4.08. The van der Waals surface area contributed by atoms with Gasteiger partial charge < -0.3 is 18.9 Å². The number of hydrogen-bond acceptors (Lipinski definition) is 6. The van der Waals surface area contributed by atoms with Gasteiger partial charge in [-0.2, -0.15) is 0 Å². The Morgan fingerprint density at radius 3 is 1.10 bits per heavy atom. The molecule has 0 saturated heterocycles. The Morgan fingerprint density at radius 1 is 0.360 bits per heavy atom. The molecule has 6 heteroatoms. The molecule has 0 radical (unpaired) electrons. The van der Waals surface area contributed by atoms with Gasteiger partial charge in [0.2, 0.25) is 0 Å². The third-order valence-corrected chi connectivity index (χ3v) is 8.77. The monoisotopic (exact) mass is 654 g/mol. The van der Waals surface area contributed by atoms with Gasteiger partial charge in [-0.3, -0.25) is 0 Å². The van der Waals surface area contributed by atoms with E-state index in [1.165, 1.54) is 0 Å². The topological polar surface area (TPSA) is 71.1 Å². The fourth-order valence-electron chi connectivity index (χ4n) is 6.64. The molecule has 0 atom stereocenters. The van der Waals surface area contributed by atoms with Crippen molar-refractivity contribution in [2.75, 3.05) is 0 Å². The largest absolute Gasteiger partial charge is 0.519 e. The summed E-state index contributed by atoms with van der Waals surface area (Å²) >= 11 is 0. The number of hydrogen-bond donors (Lipinski definition) is 0. The lowest BCUT2D eigenvalue weighted by molar-refractivity contribution is 0.152. The average Bonchev–Trinajstić information content (AvgIpc) is 3.13. The molecule has 242 valence electrons. The highest BCUT2D eigenvalue weighted by atomic mass is 16.7. The summed E-state index contributed by atoms with van der Waals surface area (Å²) in [7, 11) is 0. The van der Waals surface area contributed by atoms with E-state index in [2.05, 4.69) is 12.1 Å². The maximum absolute atomic E-state index is 13.2. The first-order chi connectivity index (χ1) is 24.4. The van der Waals surface area contributed by atoms with Gasteiger partial charge in [-0.15, -0.1) is 0 Å². The molecule has 0 amide bonds. The van der Waals surface area contributed by atoms with Crippen molar-refractivity contribution in [1.82, 2.24) is 0 Å². The van der Waals surface area contributed by atoms with Gasteiger partial charge in [0.1, 0.15) is 23.0 Å². The van der Waals surface area contributed by atoms with Crippen molar-refractivity contribution in [3.63, 3.8) is 0 Å². The van der Waals surface area contributed by atoms with Crippen molar-refractivity contribution in [3.05, 3.63) is 157 Å². The number of carbonyl (C=O) groups excluding carboxylic acids is 2. The van der Waals surface area contributed by atoms with Crippen molar-refractivity contribution < 1.29 is 28.5 Å². The summed E-state index contributed by atoms with van der Waals surface area (Å²) in [5.41, 5.74) is 4.02. The molecule has 0 aliphatic rings. The van der Waals surface area contributed by atoms with E-state index in [1.54, 1.807) is 48.5 Å². The van der Waals surface area contributed by atoms with Crippen LogP contribution in [0.5, 0.6) is 23.0 Å². The van der Waals surface area contributed by atoms with Gasteiger partial charge in [0.15, 0.2) is 0 Å². The standard InChI is InChI=1S/C44H30O6/c1-27-21-23-35-37(25-27)39(31-17-9-11-19-33(31)41(35)49-43(45)47-29-13-5-3-6-14-29)40-32-18-10-12-20-34(32)42(36-24-22-28(2)26-38(36)40)50-44(46)48-30-15-7-4-8-16-30/h3-26H,1-2H3. The van der Waals surface area contributed by atoms with Crippen LogP contribution in [-0.2, 0) is 0 Å². The Kier molecular flexibility index (Phi) is 7.82. The minimum atomic E-state index is -0.827. The van der Waals surface area contributed by atoms with Crippen molar-refractivity contribution in [1.29, 1.82) is 0 Å². The quantitative estimate of drug-likeness (QED) is 0.104. The first-order valence-electron chi connectivity index (χ1n) is 16.2. The molecule has 0 saturated carbocycles.